The van der Waals surface area contributed by atoms with E-state index in [-0.39, 0.29) is 12.2 Å². The van der Waals surface area contributed by atoms with Gasteiger partial charge in [0, 0.05) is 5.56 Å². The van der Waals surface area contributed by atoms with Crippen LogP contribution in [0.3, 0.4) is 0 Å². The lowest BCUT2D eigenvalue weighted by Crippen LogP contribution is -2.34. The topological polar surface area (TPSA) is 26.3 Å². The molecule has 0 saturated heterocycles. The van der Waals surface area contributed by atoms with Crippen LogP contribution < -0.4 is 4.74 Å². The highest BCUT2D eigenvalue weighted by Crippen LogP contribution is 2.42. The Kier molecular flexibility index (Phi) is 2.60. The number of hydrogen-bond acceptors (Lipinski definition) is 2. The number of halogens is 1. The minimum atomic E-state index is -1.09. The van der Waals surface area contributed by atoms with Crippen LogP contribution in [-0.4, -0.2) is 5.78 Å². The summed E-state index contributed by atoms with van der Waals surface area (Å²) in [5.74, 6) is 0.559. The van der Waals surface area contributed by atoms with E-state index in [1.807, 2.05) is 42.5 Å². The molecular formula is C15H11ClO2. The Balaban J connectivity index is 2.06. The summed E-state index contributed by atoms with van der Waals surface area (Å²) < 4.78 is 5.82. The summed E-state index contributed by atoms with van der Waals surface area (Å²) in [6.45, 7) is 0. The lowest BCUT2D eigenvalue weighted by atomic mass is 9.96. The Hall–Kier alpha value is -1.80. The summed E-state index contributed by atoms with van der Waals surface area (Å²) in [5, 5.41) is -1.09. The molecule has 1 aliphatic heterocycles. The Morgan fingerprint density at radius 3 is 2.44 bits per heavy atom. The maximum atomic E-state index is 12.1. The van der Waals surface area contributed by atoms with Crippen LogP contribution in [0.25, 0.3) is 0 Å². The SMILES string of the molecule is O=C1CC(Cl)(c2ccccc2)Oc2ccccc21. The molecule has 0 aliphatic carbocycles. The maximum Gasteiger partial charge on any atom is 0.215 e. The molecule has 18 heavy (non-hydrogen) atoms. The molecule has 1 atom stereocenters. The van der Waals surface area contributed by atoms with Crippen LogP contribution >= 0.6 is 11.6 Å². The number of Topliss-reactive ketones (excluding diaryl/α,β-unsaturated/α-hetero) is 1. The van der Waals surface area contributed by atoms with Gasteiger partial charge in [0.25, 0.3) is 0 Å². The first kappa shape index (κ1) is 11.3. The molecule has 0 aromatic heterocycles. The van der Waals surface area contributed by atoms with Crippen LogP contribution in [-0.2, 0) is 5.06 Å². The standard InChI is InChI=1S/C15H11ClO2/c16-15(11-6-2-1-3-7-11)10-13(17)12-8-4-5-9-14(12)18-15/h1-9H,10H2. The van der Waals surface area contributed by atoms with Crippen molar-refractivity contribution in [3.63, 3.8) is 0 Å². The second-order valence-corrected chi connectivity index (χ2v) is 4.90. The molecule has 0 amide bonds. The summed E-state index contributed by atoms with van der Waals surface area (Å²) in [4.78, 5) is 12.1. The van der Waals surface area contributed by atoms with Gasteiger partial charge in [-0.3, -0.25) is 4.79 Å². The Morgan fingerprint density at radius 2 is 1.67 bits per heavy atom. The van der Waals surface area contributed by atoms with Gasteiger partial charge in [0.05, 0.1) is 12.0 Å². The van der Waals surface area contributed by atoms with Gasteiger partial charge in [0.2, 0.25) is 5.06 Å². The minimum absolute atomic E-state index is 0.00991. The molecule has 1 aliphatic rings. The van der Waals surface area contributed by atoms with Gasteiger partial charge in [-0.15, -0.1) is 0 Å². The minimum Gasteiger partial charge on any atom is -0.466 e. The van der Waals surface area contributed by atoms with Crippen molar-refractivity contribution >= 4 is 17.4 Å². The van der Waals surface area contributed by atoms with Crippen LogP contribution in [0.5, 0.6) is 5.75 Å². The summed E-state index contributed by atoms with van der Waals surface area (Å²) in [7, 11) is 0. The van der Waals surface area contributed by atoms with E-state index in [1.165, 1.54) is 0 Å². The largest absolute Gasteiger partial charge is 0.466 e. The van der Waals surface area contributed by atoms with Crippen molar-refractivity contribution < 1.29 is 9.53 Å². The Bertz CT molecular complexity index is 594. The molecule has 0 saturated carbocycles. The van der Waals surface area contributed by atoms with E-state index < -0.39 is 5.06 Å². The van der Waals surface area contributed by atoms with Crippen LogP contribution in [0.1, 0.15) is 22.3 Å². The van der Waals surface area contributed by atoms with E-state index in [9.17, 15) is 4.79 Å². The number of alkyl halides is 1. The third kappa shape index (κ3) is 1.79. The first-order valence-electron chi connectivity index (χ1n) is 5.75. The zero-order valence-corrected chi connectivity index (χ0v) is 10.4. The van der Waals surface area contributed by atoms with E-state index in [0.29, 0.717) is 11.3 Å². The van der Waals surface area contributed by atoms with Crippen molar-refractivity contribution in [2.75, 3.05) is 0 Å². The predicted octanol–water partition coefficient (Wildman–Crippen LogP) is 3.74. The average Bonchev–Trinajstić information content (AvgIpc) is 2.40. The fourth-order valence-corrected chi connectivity index (χ4v) is 2.48. The highest BCUT2D eigenvalue weighted by molar-refractivity contribution is 6.25. The quantitative estimate of drug-likeness (QED) is 0.729. The summed E-state index contributed by atoms with van der Waals surface area (Å²) in [5.41, 5.74) is 1.40. The van der Waals surface area contributed by atoms with Gasteiger partial charge in [-0.2, -0.15) is 0 Å². The number of rotatable bonds is 1. The van der Waals surface area contributed by atoms with Crippen LogP contribution in [0.2, 0.25) is 0 Å². The maximum absolute atomic E-state index is 12.1. The predicted molar refractivity (Wildman–Crippen MR) is 70.0 cm³/mol. The molecule has 0 spiro atoms. The van der Waals surface area contributed by atoms with Gasteiger partial charge >= 0.3 is 0 Å². The summed E-state index contributed by atoms with van der Waals surface area (Å²) in [6, 6.07) is 16.6. The number of fused-ring (bicyclic) bond motifs is 1. The van der Waals surface area contributed by atoms with E-state index in [1.54, 1.807) is 12.1 Å². The molecule has 90 valence electrons. The molecular weight excluding hydrogens is 248 g/mol. The average molecular weight is 259 g/mol. The van der Waals surface area contributed by atoms with Crippen molar-refractivity contribution in [2.45, 2.75) is 11.5 Å². The molecule has 2 aromatic rings. The van der Waals surface area contributed by atoms with Crippen LogP contribution in [0.15, 0.2) is 54.6 Å². The normalized spacial score (nSPS) is 22.2. The number of ether oxygens (including phenoxy) is 1. The Morgan fingerprint density at radius 1 is 1.00 bits per heavy atom. The zero-order chi connectivity index (χ0) is 12.6. The third-order valence-electron chi connectivity index (χ3n) is 3.05. The first-order valence-corrected chi connectivity index (χ1v) is 6.12. The number of para-hydroxylation sites is 1. The monoisotopic (exact) mass is 258 g/mol. The smallest absolute Gasteiger partial charge is 0.215 e. The molecule has 2 nitrogen and oxygen atoms in total. The lowest BCUT2D eigenvalue weighted by Gasteiger charge is -2.32. The zero-order valence-electron chi connectivity index (χ0n) is 9.60. The van der Waals surface area contributed by atoms with Crippen molar-refractivity contribution in [3.05, 3.63) is 65.7 Å². The van der Waals surface area contributed by atoms with Crippen molar-refractivity contribution in [2.24, 2.45) is 0 Å². The van der Waals surface area contributed by atoms with Gasteiger partial charge in [0.15, 0.2) is 5.78 Å². The van der Waals surface area contributed by atoms with Gasteiger partial charge < -0.3 is 4.74 Å². The van der Waals surface area contributed by atoms with E-state index >= 15 is 0 Å². The van der Waals surface area contributed by atoms with Gasteiger partial charge in [-0.25, -0.2) is 0 Å². The Labute approximate surface area is 110 Å². The fraction of sp³-hybridized carbons (Fsp3) is 0.133. The molecule has 0 N–H and O–H groups in total. The number of carbonyl (C=O) groups is 1. The molecule has 1 heterocycles. The van der Waals surface area contributed by atoms with Crippen LogP contribution in [0.4, 0.5) is 0 Å². The van der Waals surface area contributed by atoms with E-state index in [0.717, 1.165) is 5.56 Å². The summed E-state index contributed by atoms with van der Waals surface area (Å²) in [6.07, 6.45) is 0.148. The summed E-state index contributed by atoms with van der Waals surface area (Å²) >= 11 is 6.48. The van der Waals surface area contributed by atoms with E-state index in [4.69, 9.17) is 16.3 Å². The molecule has 3 rings (SSSR count). The van der Waals surface area contributed by atoms with Crippen molar-refractivity contribution in [1.29, 1.82) is 0 Å². The van der Waals surface area contributed by atoms with Crippen molar-refractivity contribution in [1.82, 2.24) is 0 Å². The molecule has 0 fully saturated rings. The molecule has 0 radical (unpaired) electrons. The number of carbonyl (C=O) groups excluding carboxylic acids is 1. The van der Waals surface area contributed by atoms with Crippen LogP contribution in [0, 0.1) is 0 Å². The highest BCUT2D eigenvalue weighted by atomic mass is 35.5. The second-order valence-electron chi connectivity index (χ2n) is 4.29. The van der Waals surface area contributed by atoms with E-state index in [2.05, 4.69) is 0 Å². The lowest BCUT2D eigenvalue weighted by molar-refractivity contribution is 0.0767. The molecule has 0 bridgehead atoms. The van der Waals surface area contributed by atoms with Gasteiger partial charge in [0.1, 0.15) is 5.75 Å². The number of ketones is 1. The third-order valence-corrected chi connectivity index (χ3v) is 3.48. The number of benzene rings is 2. The fourth-order valence-electron chi connectivity index (χ4n) is 2.15. The van der Waals surface area contributed by atoms with Crippen molar-refractivity contribution in [3.8, 4) is 5.75 Å². The second kappa shape index (κ2) is 4.14. The molecule has 3 heteroatoms. The molecule has 2 aromatic carbocycles. The first-order chi connectivity index (χ1) is 8.69. The van der Waals surface area contributed by atoms with Gasteiger partial charge in [-0.1, -0.05) is 54.1 Å². The molecule has 1 unspecified atom stereocenters. The van der Waals surface area contributed by atoms with Gasteiger partial charge in [-0.05, 0) is 12.1 Å². The number of hydrogen-bond donors (Lipinski definition) is 0. The highest BCUT2D eigenvalue weighted by Gasteiger charge is 2.40.